The number of carboxylic acids is 1. The number of carboxylic acid groups (broad SMARTS) is 1. The van der Waals surface area contributed by atoms with Crippen molar-refractivity contribution in [3.8, 4) is 0 Å². The molecule has 0 radical (unpaired) electrons. The molecule has 1 saturated heterocycles. The summed E-state index contributed by atoms with van der Waals surface area (Å²) in [5.74, 6) is -0.588. The Kier molecular flexibility index (Phi) is 5.10. The normalized spacial score (nSPS) is 29.4. The molecule has 0 amide bonds. The van der Waals surface area contributed by atoms with Crippen LogP contribution >= 0.6 is 0 Å². The van der Waals surface area contributed by atoms with E-state index in [0.717, 1.165) is 6.54 Å². The molecule has 0 spiro atoms. The molecule has 2 unspecified atom stereocenters. The summed E-state index contributed by atoms with van der Waals surface area (Å²) in [6.45, 7) is 1.80. The van der Waals surface area contributed by atoms with Crippen molar-refractivity contribution in [2.45, 2.75) is 38.2 Å². The summed E-state index contributed by atoms with van der Waals surface area (Å²) in [6.07, 6.45) is 1.74. The highest BCUT2D eigenvalue weighted by Crippen LogP contribution is 2.29. The second-order valence-corrected chi connectivity index (χ2v) is 5.78. The van der Waals surface area contributed by atoms with Gasteiger partial charge in [-0.1, -0.05) is 6.42 Å². The summed E-state index contributed by atoms with van der Waals surface area (Å²) in [6, 6.07) is -0.135. The molecule has 2 atom stereocenters. The molecular formula is C13H22F2N2O2. The molecule has 0 aromatic rings. The Morgan fingerprint density at radius 1 is 1.37 bits per heavy atom. The van der Waals surface area contributed by atoms with Gasteiger partial charge in [-0.3, -0.25) is 4.79 Å². The van der Waals surface area contributed by atoms with Gasteiger partial charge in [0, 0.05) is 25.7 Å². The van der Waals surface area contributed by atoms with Crippen LogP contribution in [0.3, 0.4) is 0 Å². The smallest absolute Gasteiger partial charge is 0.307 e. The van der Waals surface area contributed by atoms with E-state index in [1.807, 2.05) is 0 Å². The van der Waals surface area contributed by atoms with Crippen molar-refractivity contribution < 1.29 is 18.7 Å². The van der Waals surface area contributed by atoms with Crippen molar-refractivity contribution in [2.24, 2.45) is 11.8 Å². The van der Waals surface area contributed by atoms with Crippen LogP contribution in [0.1, 0.15) is 25.7 Å². The van der Waals surface area contributed by atoms with E-state index in [-0.39, 0.29) is 12.6 Å². The lowest BCUT2D eigenvalue weighted by molar-refractivity contribution is -0.144. The average Bonchev–Trinajstić information content (AvgIpc) is 2.31. The Morgan fingerprint density at radius 2 is 2.11 bits per heavy atom. The van der Waals surface area contributed by atoms with E-state index in [2.05, 4.69) is 10.2 Å². The van der Waals surface area contributed by atoms with Gasteiger partial charge in [0.1, 0.15) is 0 Å². The van der Waals surface area contributed by atoms with Gasteiger partial charge in [-0.05, 0) is 25.2 Å². The van der Waals surface area contributed by atoms with Crippen molar-refractivity contribution in [3.05, 3.63) is 0 Å². The van der Waals surface area contributed by atoms with E-state index in [1.54, 1.807) is 0 Å². The monoisotopic (exact) mass is 276 g/mol. The number of hydrogen-bond donors (Lipinski definition) is 2. The minimum Gasteiger partial charge on any atom is -0.481 e. The number of piperidine rings is 1. The van der Waals surface area contributed by atoms with Crippen LogP contribution in [0.25, 0.3) is 0 Å². The highest BCUT2D eigenvalue weighted by atomic mass is 19.3. The molecule has 2 fully saturated rings. The van der Waals surface area contributed by atoms with Crippen LogP contribution in [-0.4, -0.2) is 54.6 Å². The van der Waals surface area contributed by atoms with Gasteiger partial charge in [0.2, 0.25) is 0 Å². The van der Waals surface area contributed by atoms with Gasteiger partial charge in [0.15, 0.2) is 0 Å². The first-order chi connectivity index (χ1) is 9.04. The van der Waals surface area contributed by atoms with Crippen molar-refractivity contribution >= 4 is 5.97 Å². The van der Waals surface area contributed by atoms with Crippen LogP contribution in [0.5, 0.6) is 0 Å². The summed E-state index contributed by atoms with van der Waals surface area (Å²) in [5.41, 5.74) is 0. The molecule has 2 rings (SSSR count). The van der Waals surface area contributed by atoms with Gasteiger partial charge in [-0.25, -0.2) is 8.78 Å². The van der Waals surface area contributed by atoms with E-state index >= 15 is 0 Å². The first-order valence-electron chi connectivity index (χ1n) is 7.01. The number of halogens is 2. The minimum atomic E-state index is -2.38. The number of nitrogens with zero attached hydrogens (tertiary/aromatic N) is 1. The maximum Gasteiger partial charge on any atom is 0.307 e. The summed E-state index contributed by atoms with van der Waals surface area (Å²) >= 11 is 0. The van der Waals surface area contributed by atoms with E-state index in [0.29, 0.717) is 25.4 Å². The van der Waals surface area contributed by atoms with Crippen molar-refractivity contribution in [3.63, 3.8) is 0 Å². The average molecular weight is 276 g/mol. The van der Waals surface area contributed by atoms with Gasteiger partial charge in [0.25, 0.3) is 6.43 Å². The molecule has 110 valence electrons. The highest BCUT2D eigenvalue weighted by molar-refractivity contribution is 5.70. The second kappa shape index (κ2) is 6.61. The van der Waals surface area contributed by atoms with E-state index in [4.69, 9.17) is 5.11 Å². The standard InChI is InChI=1S/C13H22F2N2O2/c14-12(15)5-16-11-4-10(13(18)19)7-17(8-11)6-9-2-1-3-9/h9-12,16H,1-8H2,(H,18,19). The van der Waals surface area contributed by atoms with Gasteiger partial charge in [0.05, 0.1) is 12.5 Å². The predicted molar refractivity (Wildman–Crippen MR) is 67.3 cm³/mol. The number of alkyl halides is 2. The first kappa shape index (κ1) is 14.7. The number of carbonyl (C=O) groups is 1. The Balaban J connectivity index is 1.85. The summed E-state index contributed by atoms with van der Waals surface area (Å²) in [5, 5.41) is 11.9. The third-order valence-electron chi connectivity index (χ3n) is 4.18. The Labute approximate surface area is 112 Å². The lowest BCUT2D eigenvalue weighted by Gasteiger charge is -2.40. The Hall–Kier alpha value is -0.750. The Morgan fingerprint density at radius 3 is 2.63 bits per heavy atom. The maximum absolute atomic E-state index is 12.2. The molecule has 2 N–H and O–H groups in total. The lowest BCUT2D eigenvalue weighted by atomic mass is 9.84. The largest absolute Gasteiger partial charge is 0.481 e. The van der Waals surface area contributed by atoms with Crippen LogP contribution in [0.4, 0.5) is 8.78 Å². The molecule has 1 aliphatic heterocycles. The quantitative estimate of drug-likeness (QED) is 0.770. The van der Waals surface area contributed by atoms with Crippen LogP contribution < -0.4 is 5.32 Å². The maximum atomic E-state index is 12.2. The van der Waals surface area contributed by atoms with Gasteiger partial charge in [-0.15, -0.1) is 0 Å². The number of likely N-dealkylation sites (tertiary alicyclic amines) is 1. The van der Waals surface area contributed by atoms with Crippen molar-refractivity contribution in [2.75, 3.05) is 26.2 Å². The highest BCUT2D eigenvalue weighted by Gasteiger charge is 2.33. The fourth-order valence-electron chi connectivity index (χ4n) is 2.96. The molecule has 4 nitrogen and oxygen atoms in total. The van der Waals surface area contributed by atoms with E-state index < -0.39 is 18.3 Å². The topological polar surface area (TPSA) is 52.6 Å². The van der Waals surface area contributed by atoms with Gasteiger partial charge < -0.3 is 15.3 Å². The summed E-state index contributed by atoms with van der Waals surface area (Å²) < 4.78 is 24.4. The zero-order chi connectivity index (χ0) is 13.8. The summed E-state index contributed by atoms with van der Waals surface area (Å²) in [4.78, 5) is 13.3. The van der Waals surface area contributed by atoms with Crippen LogP contribution in [-0.2, 0) is 4.79 Å². The molecule has 0 aromatic heterocycles. The molecule has 2 aliphatic rings. The van der Waals surface area contributed by atoms with Gasteiger partial charge in [-0.2, -0.15) is 0 Å². The fraction of sp³-hybridized carbons (Fsp3) is 0.923. The number of hydrogen-bond acceptors (Lipinski definition) is 3. The van der Waals surface area contributed by atoms with Crippen molar-refractivity contribution in [1.82, 2.24) is 10.2 Å². The molecule has 6 heteroatoms. The third kappa shape index (κ3) is 4.38. The second-order valence-electron chi connectivity index (χ2n) is 5.78. The summed E-state index contributed by atoms with van der Waals surface area (Å²) in [7, 11) is 0. The SMILES string of the molecule is O=C(O)C1CC(NCC(F)F)CN(CC2CCC2)C1. The molecule has 1 heterocycles. The van der Waals surface area contributed by atoms with E-state index in [1.165, 1.54) is 19.3 Å². The molecule has 19 heavy (non-hydrogen) atoms. The zero-order valence-electron chi connectivity index (χ0n) is 11.0. The molecule has 1 aliphatic carbocycles. The zero-order valence-corrected chi connectivity index (χ0v) is 11.0. The van der Waals surface area contributed by atoms with Crippen LogP contribution in [0, 0.1) is 11.8 Å². The molecule has 1 saturated carbocycles. The lowest BCUT2D eigenvalue weighted by Crippen LogP contribution is -2.53. The fourth-order valence-corrected chi connectivity index (χ4v) is 2.96. The molecular weight excluding hydrogens is 254 g/mol. The number of nitrogens with one attached hydrogen (secondary N) is 1. The van der Waals surface area contributed by atoms with Gasteiger partial charge >= 0.3 is 5.97 Å². The molecule has 0 bridgehead atoms. The third-order valence-corrected chi connectivity index (χ3v) is 4.18. The van der Waals surface area contributed by atoms with E-state index in [9.17, 15) is 13.6 Å². The predicted octanol–water partition coefficient (Wildman–Crippen LogP) is 1.42. The first-order valence-corrected chi connectivity index (χ1v) is 7.01. The number of rotatable bonds is 6. The minimum absolute atomic E-state index is 0.135. The Bertz CT molecular complexity index is 311. The van der Waals surface area contributed by atoms with Crippen LogP contribution in [0.2, 0.25) is 0 Å². The van der Waals surface area contributed by atoms with Crippen molar-refractivity contribution in [1.29, 1.82) is 0 Å². The number of aliphatic carboxylic acids is 1. The molecule has 0 aromatic carbocycles. The van der Waals surface area contributed by atoms with Crippen LogP contribution in [0.15, 0.2) is 0 Å².